The number of allylic oxidation sites excluding steroid dienone is 2. The average molecular weight is 248 g/mol. The van der Waals surface area contributed by atoms with Crippen LogP contribution in [-0.4, -0.2) is 37.0 Å². The molecule has 0 aliphatic carbocycles. The predicted molar refractivity (Wildman–Crippen MR) is 62.4 cm³/mol. The lowest BCUT2D eigenvalue weighted by atomic mass is 10.3. The summed E-state index contributed by atoms with van der Waals surface area (Å²) in [4.78, 5) is 0. The van der Waals surface area contributed by atoms with Crippen LogP contribution in [0.2, 0.25) is 0 Å². The zero-order valence-electron chi connectivity index (χ0n) is 10.5. The molecule has 0 spiro atoms. The molecule has 0 saturated heterocycles. The van der Waals surface area contributed by atoms with Gasteiger partial charge in [-0.05, 0) is 13.8 Å². The second-order valence-electron chi connectivity index (χ2n) is 2.82. The third-order valence-electron chi connectivity index (χ3n) is 1.87. The summed E-state index contributed by atoms with van der Waals surface area (Å²) in [6.45, 7) is 7.79. The summed E-state index contributed by atoms with van der Waals surface area (Å²) in [7, 11) is 1.27. The van der Waals surface area contributed by atoms with E-state index in [1.54, 1.807) is 6.08 Å². The Morgan fingerprint density at radius 2 is 1.69 bits per heavy atom. The molecular weight excluding hydrogens is 228 g/mol. The van der Waals surface area contributed by atoms with Gasteiger partial charge < -0.3 is 22.4 Å². The van der Waals surface area contributed by atoms with E-state index in [4.69, 9.17) is 22.4 Å². The Morgan fingerprint density at radius 1 is 1.19 bits per heavy atom. The monoisotopic (exact) mass is 248 g/mol. The van der Waals surface area contributed by atoms with E-state index in [-0.39, 0.29) is 0 Å². The van der Waals surface area contributed by atoms with Crippen LogP contribution in [0.5, 0.6) is 0 Å². The Balaban J connectivity index is 4.91. The van der Waals surface area contributed by atoms with Crippen molar-refractivity contribution in [2.75, 3.05) is 27.9 Å². The van der Waals surface area contributed by atoms with Crippen LogP contribution in [0.25, 0.3) is 0 Å². The van der Waals surface area contributed by atoms with E-state index in [1.807, 2.05) is 13.8 Å². The van der Waals surface area contributed by atoms with Gasteiger partial charge in [-0.3, -0.25) is 0 Å². The molecule has 0 aliphatic heterocycles. The third-order valence-corrected chi connectivity index (χ3v) is 3.81. The highest BCUT2D eigenvalue weighted by Gasteiger charge is 2.46. The fourth-order valence-electron chi connectivity index (χ4n) is 0.927. The van der Waals surface area contributed by atoms with Crippen LogP contribution in [0.15, 0.2) is 24.2 Å². The van der Waals surface area contributed by atoms with Crippen LogP contribution in [-0.2, 0) is 22.4 Å². The summed E-state index contributed by atoms with van der Waals surface area (Å²) in [5.41, 5.74) is 0.755. The normalized spacial score (nSPS) is 13.1. The number of rotatable bonds is 8. The van der Waals surface area contributed by atoms with Gasteiger partial charge in [0.05, 0.1) is 6.61 Å². The van der Waals surface area contributed by atoms with E-state index in [0.717, 1.165) is 5.57 Å². The average Bonchev–Trinajstić information content (AvgIpc) is 2.34. The lowest BCUT2D eigenvalue weighted by Crippen LogP contribution is -2.46. The van der Waals surface area contributed by atoms with Crippen molar-refractivity contribution in [3.05, 3.63) is 24.2 Å². The predicted octanol–water partition coefficient (Wildman–Crippen LogP) is 1.83. The smallest absolute Gasteiger partial charge is 0.466 e. The van der Waals surface area contributed by atoms with Gasteiger partial charge in [0, 0.05) is 26.9 Å². The Morgan fingerprint density at radius 3 is 2.00 bits per heavy atom. The van der Waals surface area contributed by atoms with Gasteiger partial charge in [-0.25, -0.2) is 0 Å². The van der Waals surface area contributed by atoms with Crippen LogP contribution in [0.3, 0.4) is 0 Å². The highest BCUT2D eigenvalue weighted by atomic mass is 28.4. The molecule has 0 N–H and O–H groups in total. The third kappa shape index (κ3) is 3.97. The molecule has 0 aromatic heterocycles. The minimum Gasteiger partial charge on any atom is -0.466 e. The molecule has 0 heterocycles. The Bertz CT molecular complexity index is 239. The van der Waals surface area contributed by atoms with Gasteiger partial charge in [-0.1, -0.05) is 12.7 Å². The van der Waals surface area contributed by atoms with Crippen molar-refractivity contribution in [3.63, 3.8) is 0 Å². The molecule has 0 amide bonds. The maximum absolute atomic E-state index is 5.54. The molecule has 0 unspecified atom stereocenters. The first kappa shape index (κ1) is 15.2. The van der Waals surface area contributed by atoms with E-state index in [2.05, 4.69) is 6.58 Å². The van der Waals surface area contributed by atoms with Crippen molar-refractivity contribution in [1.82, 2.24) is 0 Å². The summed E-state index contributed by atoms with van der Waals surface area (Å²) < 4.78 is 26.3. The summed E-state index contributed by atoms with van der Waals surface area (Å²) in [5, 5.41) is 0. The first-order valence-electron chi connectivity index (χ1n) is 4.89. The molecule has 0 bridgehead atoms. The van der Waals surface area contributed by atoms with E-state index in [0.29, 0.717) is 12.6 Å². The standard InChI is InChI=1S/C10H20O5Si/c1-7-9(3)10(14-8-2)15-16(11-4,12-5)13-6/h7H,1,8H2,2-6H3. The highest BCUT2D eigenvalue weighted by molar-refractivity contribution is 6.53. The number of hydrogen-bond donors (Lipinski definition) is 0. The van der Waals surface area contributed by atoms with Crippen molar-refractivity contribution in [2.45, 2.75) is 13.8 Å². The Kier molecular flexibility index (Phi) is 7.07. The van der Waals surface area contributed by atoms with Gasteiger partial charge >= 0.3 is 9.05 Å². The summed E-state index contributed by atoms with van der Waals surface area (Å²) in [5.74, 6) is 0.315. The lowest BCUT2D eigenvalue weighted by Gasteiger charge is -2.25. The first-order chi connectivity index (χ1) is 7.59. The van der Waals surface area contributed by atoms with Gasteiger partial charge in [-0.2, -0.15) is 0 Å². The van der Waals surface area contributed by atoms with Gasteiger partial charge in [-0.15, -0.1) is 0 Å². The maximum atomic E-state index is 5.54. The Hall–Kier alpha value is -0.823. The zero-order valence-corrected chi connectivity index (χ0v) is 11.5. The number of hydrogen-bond acceptors (Lipinski definition) is 5. The summed E-state index contributed by atoms with van der Waals surface area (Å²) in [6.07, 6.45) is 1.63. The van der Waals surface area contributed by atoms with E-state index in [1.165, 1.54) is 21.3 Å². The lowest BCUT2D eigenvalue weighted by molar-refractivity contribution is -0.0174. The fraction of sp³-hybridized carbons (Fsp3) is 0.600. The molecule has 5 nitrogen and oxygen atoms in total. The molecule has 6 heteroatoms. The Labute approximate surface area is 98.1 Å². The van der Waals surface area contributed by atoms with Gasteiger partial charge in [0.15, 0.2) is 0 Å². The number of ether oxygens (including phenoxy) is 1. The molecule has 0 atom stereocenters. The SMILES string of the molecule is C=CC(C)=C(OCC)O[Si](OC)(OC)OC. The quantitative estimate of drug-likeness (QED) is 0.372. The van der Waals surface area contributed by atoms with E-state index < -0.39 is 9.05 Å². The van der Waals surface area contributed by atoms with E-state index >= 15 is 0 Å². The minimum atomic E-state index is -3.13. The van der Waals surface area contributed by atoms with Crippen molar-refractivity contribution >= 4 is 9.05 Å². The summed E-state index contributed by atoms with van der Waals surface area (Å²) >= 11 is 0. The molecule has 0 radical (unpaired) electrons. The maximum Gasteiger partial charge on any atom is 0.750 e. The molecule has 0 saturated carbocycles. The molecule has 0 rings (SSSR count). The van der Waals surface area contributed by atoms with Gasteiger partial charge in [0.25, 0.3) is 5.95 Å². The molecule has 0 fully saturated rings. The van der Waals surface area contributed by atoms with E-state index in [9.17, 15) is 0 Å². The second-order valence-corrected chi connectivity index (χ2v) is 5.25. The molecule has 16 heavy (non-hydrogen) atoms. The van der Waals surface area contributed by atoms with Gasteiger partial charge in [0.2, 0.25) is 0 Å². The molecular formula is C10H20O5Si. The molecule has 0 aliphatic rings. The topological polar surface area (TPSA) is 46.2 Å². The van der Waals surface area contributed by atoms with Crippen LogP contribution >= 0.6 is 0 Å². The van der Waals surface area contributed by atoms with Gasteiger partial charge in [0.1, 0.15) is 0 Å². The van der Waals surface area contributed by atoms with Crippen LogP contribution in [0.4, 0.5) is 0 Å². The summed E-state index contributed by atoms with van der Waals surface area (Å²) in [6, 6.07) is 0. The van der Waals surface area contributed by atoms with Crippen molar-refractivity contribution < 1.29 is 22.4 Å². The second kappa shape index (κ2) is 7.45. The molecule has 0 aromatic rings. The van der Waals surface area contributed by atoms with Crippen LogP contribution < -0.4 is 0 Å². The largest absolute Gasteiger partial charge is 0.750 e. The van der Waals surface area contributed by atoms with Crippen molar-refractivity contribution in [1.29, 1.82) is 0 Å². The first-order valence-corrected chi connectivity index (χ1v) is 6.53. The molecule has 0 aromatic carbocycles. The highest BCUT2D eigenvalue weighted by Crippen LogP contribution is 2.18. The minimum absolute atomic E-state index is 0.315. The zero-order chi connectivity index (χ0) is 12.6. The van der Waals surface area contributed by atoms with Crippen LogP contribution in [0, 0.1) is 0 Å². The fourth-order valence-corrected chi connectivity index (χ4v) is 2.12. The molecule has 94 valence electrons. The van der Waals surface area contributed by atoms with Crippen molar-refractivity contribution in [3.8, 4) is 0 Å². The van der Waals surface area contributed by atoms with Crippen molar-refractivity contribution in [2.24, 2.45) is 0 Å². The van der Waals surface area contributed by atoms with Crippen LogP contribution in [0.1, 0.15) is 13.8 Å².